The molecule has 0 spiro atoms. The molecule has 5 heteroatoms. The van der Waals surface area contributed by atoms with Gasteiger partial charge in [0.05, 0.1) is 11.7 Å². The first kappa shape index (κ1) is 13.4. The first-order chi connectivity index (χ1) is 8.52. The number of hydrogen-bond donors (Lipinski definition) is 1. The summed E-state index contributed by atoms with van der Waals surface area (Å²) in [5.74, 6) is 0.190. The van der Waals surface area contributed by atoms with Crippen LogP contribution in [0, 0.1) is 5.92 Å². The summed E-state index contributed by atoms with van der Waals surface area (Å²) >= 11 is 0. The van der Waals surface area contributed by atoms with Gasteiger partial charge in [-0.25, -0.2) is 0 Å². The van der Waals surface area contributed by atoms with Gasteiger partial charge < -0.3 is 10.5 Å². The number of alkyl halides is 3. The zero-order valence-corrected chi connectivity index (χ0v) is 9.91. The van der Waals surface area contributed by atoms with Gasteiger partial charge in [-0.15, -0.1) is 0 Å². The van der Waals surface area contributed by atoms with Gasteiger partial charge in [-0.3, -0.25) is 0 Å². The maximum atomic E-state index is 12.5. The van der Waals surface area contributed by atoms with Crippen LogP contribution in [0.3, 0.4) is 0 Å². The van der Waals surface area contributed by atoms with Crippen LogP contribution in [0.5, 0.6) is 0 Å². The number of halogens is 3. The van der Waals surface area contributed by atoms with Crippen molar-refractivity contribution in [1.29, 1.82) is 0 Å². The molecule has 0 aliphatic carbocycles. The van der Waals surface area contributed by atoms with Gasteiger partial charge in [0.2, 0.25) is 0 Å². The Balaban J connectivity index is 2.18. The average molecular weight is 259 g/mol. The molecule has 0 radical (unpaired) electrons. The molecule has 2 atom stereocenters. The number of rotatable bonds is 2. The van der Waals surface area contributed by atoms with Gasteiger partial charge in [0.15, 0.2) is 0 Å². The SMILES string of the molecule is NCC1CCCOC1c1ccc(C(F)(F)F)cc1. The van der Waals surface area contributed by atoms with E-state index in [0.717, 1.165) is 30.5 Å². The van der Waals surface area contributed by atoms with Crippen LogP contribution in [-0.2, 0) is 10.9 Å². The zero-order valence-electron chi connectivity index (χ0n) is 9.91. The summed E-state index contributed by atoms with van der Waals surface area (Å²) in [5.41, 5.74) is 5.81. The first-order valence-corrected chi connectivity index (χ1v) is 6.01. The van der Waals surface area contributed by atoms with Crippen LogP contribution in [0.15, 0.2) is 24.3 Å². The molecule has 1 aromatic carbocycles. The third kappa shape index (κ3) is 2.84. The van der Waals surface area contributed by atoms with Crippen LogP contribution in [-0.4, -0.2) is 13.2 Å². The lowest BCUT2D eigenvalue weighted by atomic mass is 9.89. The molecular weight excluding hydrogens is 243 g/mol. The van der Waals surface area contributed by atoms with Crippen molar-refractivity contribution in [3.05, 3.63) is 35.4 Å². The van der Waals surface area contributed by atoms with Crippen LogP contribution in [0.1, 0.15) is 30.1 Å². The van der Waals surface area contributed by atoms with Crippen molar-refractivity contribution in [3.8, 4) is 0 Å². The smallest absolute Gasteiger partial charge is 0.373 e. The van der Waals surface area contributed by atoms with Crippen molar-refractivity contribution < 1.29 is 17.9 Å². The van der Waals surface area contributed by atoms with Gasteiger partial charge in [-0.1, -0.05) is 12.1 Å². The normalized spacial score (nSPS) is 25.1. The lowest BCUT2D eigenvalue weighted by Gasteiger charge is -2.31. The molecular formula is C13H16F3NO. The molecule has 0 bridgehead atoms. The Bertz CT molecular complexity index is 388. The van der Waals surface area contributed by atoms with Crippen molar-refractivity contribution in [3.63, 3.8) is 0 Å². The molecule has 18 heavy (non-hydrogen) atoms. The largest absolute Gasteiger partial charge is 0.416 e. The lowest BCUT2D eigenvalue weighted by molar-refractivity contribution is -0.137. The van der Waals surface area contributed by atoms with Crippen LogP contribution in [0.25, 0.3) is 0 Å². The second-order valence-corrected chi connectivity index (χ2v) is 4.55. The summed E-state index contributed by atoms with van der Waals surface area (Å²) in [5, 5.41) is 0. The Morgan fingerprint density at radius 1 is 1.22 bits per heavy atom. The number of hydrogen-bond acceptors (Lipinski definition) is 2. The predicted molar refractivity (Wildman–Crippen MR) is 61.9 cm³/mol. The Morgan fingerprint density at radius 3 is 2.44 bits per heavy atom. The van der Waals surface area contributed by atoms with E-state index in [1.165, 1.54) is 12.1 Å². The van der Waals surface area contributed by atoms with Crippen molar-refractivity contribution in [2.45, 2.75) is 25.1 Å². The van der Waals surface area contributed by atoms with E-state index in [2.05, 4.69) is 0 Å². The Labute approximate surface area is 104 Å². The zero-order chi connectivity index (χ0) is 13.2. The molecule has 0 saturated carbocycles. The van der Waals surface area contributed by atoms with E-state index in [4.69, 9.17) is 10.5 Å². The van der Waals surface area contributed by atoms with E-state index in [1.54, 1.807) is 0 Å². The Hall–Kier alpha value is -1.07. The highest BCUT2D eigenvalue weighted by atomic mass is 19.4. The van der Waals surface area contributed by atoms with Crippen LogP contribution < -0.4 is 5.73 Å². The summed E-state index contributed by atoms with van der Waals surface area (Å²) < 4.78 is 43.0. The highest BCUT2D eigenvalue weighted by Gasteiger charge is 2.31. The molecule has 0 amide bonds. The van der Waals surface area contributed by atoms with Crippen molar-refractivity contribution in [2.24, 2.45) is 11.7 Å². The first-order valence-electron chi connectivity index (χ1n) is 6.01. The molecule has 0 aromatic heterocycles. The fourth-order valence-electron chi connectivity index (χ4n) is 2.31. The van der Waals surface area contributed by atoms with Gasteiger partial charge in [0.25, 0.3) is 0 Å². The molecule has 1 aliphatic heterocycles. The van der Waals surface area contributed by atoms with Crippen molar-refractivity contribution in [1.82, 2.24) is 0 Å². The molecule has 1 saturated heterocycles. The van der Waals surface area contributed by atoms with E-state index in [9.17, 15) is 13.2 Å². The van der Waals surface area contributed by atoms with E-state index in [-0.39, 0.29) is 12.0 Å². The van der Waals surface area contributed by atoms with E-state index in [0.29, 0.717) is 13.2 Å². The molecule has 1 aliphatic rings. The number of benzene rings is 1. The van der Waals surface area contributed by atoms with Gasteiger partial charge in [0, 0.05) is 12.5 Å². The van der Waals surface area contributed by atoms with Crippen molar-refractivity contribution in [2.75, 3.05) is 13.2 Å². The third-order valence-corrected chi connectivity index (χ3v) is 3.31. The lowest BCUT2D eigenvalue weighted by Crippen LogP contribution is -2.28. The fraction of sp³-hybridized carbons (Fsp3) is 0.538. The van der Waals surface area contributed by atoms with Crippen molar-refractivity contribution >= 4 is 0 Å². The molecule has 1 aromatic rings. The minimum atomic E-state index is -4.29. The minimum Gasteiger partial charge on any atom is -0.373 e. The molecule has 2 rings (SSSR count). The van der Waals surface area contributed by atoms with Gasteiger partial charge in [-0.05, 0) is 37.1 Å². The fourth-order valence-corrected chi connectivity index (χ4v) is 2.31. The topological polar surface area (TPSA) is 35.2 Å². The second kappa shape index (κ2) is 5.28. The quantitative estimate of drug-likeness (QED) is 0.885. The summed E-state index contributed by atoms with van der Waals surface area (Å²) in [6.07, 6.45) is -2.55. The van der Waals surface area contributed by atoms with E-state index >= 15 is 0 Å². The number of nitrogens with two attached hydrogens (primary N) is 1. The van der Waals surface area contributed by atoms with E-state index in [1.807, 2.05) is 0 Å². The second-order valence-electron chi connectivity index (χ2n) is 4.55. The molecule has 1 heterocycles. The minimum absolute atomic E-state index is 0.175. The maximum absolute atomic E-state index is 12.5. The van der Waals surface area contributed by atoms with Crippen LogP contribution >= 0.6 is 0 Å². The standard InChI is InChI=1S/C13H16F3NO/c14-13(15,16)11-5-3-9(4-6-11)12-10(8-17)2-1-7-18-12/h3-6,10,12H,1-2,7-8,17H2. The summed E-state index contributed by atoms with van der Waals surface area (Å²) in [6, 6.07) is 5.17. The molecule has 100 valence electrons. The summed E-state index contributed by atoms with van der Waals surface area (Å²) in [4.78, 5) is 0. The number of ether oxygens (including phenoxy) is 1. The molecule has 2 nitrogen and oxygen atoms in total. The Kier molecular flexibility index (Phi) is 3.92. The van der Waals surface area contributed by atoms with Crippen LogP contribution in [0.4, 0.5) is 13.2 Å². The molecule has 2 unspecified atom stereocenters. The van der Waals surface area contributed by atoms with Gasteiger partial charge >= 0.3 is 6.18 Å². The Morgan fingerprint density at radius 2 is 1.89 bits per heavy atom. The summed E-state index contributed by atoms with van der Waals surface area (Å²) in [6.45, 7) is 1.13. The van der Waals surface area contributed by atoms with Gasteiger partial charge in [-0.2, -0.15) is 13.2 Å². The average Bonchev–Trinajstić information content (AvgIpc) is 2.38. The van der Waals surface area contributed by atoms with E-state index < -0.39 is 11.7 Å². The molecule has 1 fully saturated rings. The highest BCUT2D eigenvalue weighted by molar-refractivity contribution is 5.26. The predicted octanol–water partition coefficient (Wildman–Crippen LogP) is 3.13. The monoisotopic (exact) mass is 259 g/mol. The third-order valence-electron chi connectivity index (χ3n) is 3.31. The van der Waals surface area contributed by atoms with Gasteiger partial charge in [0.1, 0.15) is 0 Å². The molecule has 2 N–H and O–H groups in total. The summed E-state index contributed by atoms with van der Waals surface area (Å²) in [7, 11) is 0. The van der Waals surface area contributed by atoms with Crippen LogP contribution in [0.2, 0.25) is 0 Å². The maximum Gasteiger partial charge on any atom is 0.416 e. The highest BCUT2D eigenvalue weighted by Crippen LogP contribution is 2.35.